The lowest BCUT2D eigenvalue weighted by atomic mass is 9.87. The van der Waals surface area contributed by atoms with E-state index in [9.17, 15) is 15.0 Å². The summed E-state index contributed by atoms with van der Waals surface area (Å²) in [5.41, 5.74) is -1.41. The van der Waals surface area contributed by atoms with E-state index in [-0.39, 0.29) is 17.1 Å². The predicted molar refractivity (Wildman–Crippen MR) is 112 cm³/mol. The van der Waals surface area contributed by atoms with Crippen LogP contribution in [0.1, 0.15) is 50.7 Å². The molecular weight excluding hydrogens is 396 g/mol. The molecule has 0 aromatic rings. The largest absolute Gasteiger partial charge is 0.459 e. The van der Waals surface area contributed by atoms with Crippen molar-refractivity contribution < 1.29 is 36.7 Å². The number of aliphatic hydroxyl groups is 2. The van der Waals surface area contributed by atoms with Crippen molar-refractivity contribution in [2.75, 3.05) is 26.0 Å². The quantitative estimate of drug-likeness (QED) is 0.608. The number of carbonyl (C=O) groups excluding carboxylic acids is 1. The maximum Gasteiger partial charge on any atom is 0.308 e. The number of hydrogen-bond donors (Lipinski definition) is 2. The molecule has 0 spiro atoms. The predicted octanol–water partition coefficient (Wildman–Crippen LogP) is 2.02. The van der Waals surface area contributed by atoms with E-state index in [4.69, 9.17) is 21.7 Å². The summed E-state index contributed by atoms with van der Waals surface area (Å²) in [7, 11) is 1.46. The van der Waals surface area contributed by atoms with Crippen LogP contribution in [-0.2, 0) is 23.7 Å². The van der Waals surface area contributed by atoms with Crippen molar-refractivity contribution in [3.05, 3.63) is 0 Å². The molecule has 7 nitrogen and oxygen atoms in total. The molecule has 3 fully saturated rings. The summed E-state index contributed by atoms with van der Waals surface area (Å²) < 4.78 is 37.1. The highest BCUT2D eigenvalue weighted by molar-refractivity contribution is 8.00. The van der Waals surface area contributed by atoms with Crippen LogP contribution < -0.4 is 0 Å². The van der Waals surface area contributed by atoms with Gasteiger partial charge in [0, 0.05) is 24.0 Å². The summed E-state index contributed by atoms with van der Waals surface area (Å²) in [5.74, 6) is 0.577. The minimum atomic E-state index is -1.09. The molecule has 3 rings (SSSR count). The number of carbonyl (C=O) groups is 1. The van der Waals surface area contributed by atoms with Crippen molar-refractivity contribution in [2.45, 2.75) is 88.8 Å². The van der Waals surface area contributed by atoms with Crippen LogP contribution >= 0.6 is 11.8 Å². The summed E-state index contributed by atoms with van der Waals surface area (Å²) in [4.78, 5) is 11.7. The Kier molecular flexibility index (Phi) is 7.40. The number of methoxy groups -OCH3 is 1. The number of rotatable bonds is 6. The zero-order valence-electron chi connectivity index (χ0n) is 20.5. The van der Waals surface area contributed by atoms with Gasteiger partial charge in [0.1, 0.15) is 29.5 Å². The minimum Gasteiger partial charge on any atom is -0.459 e. The van der Waals surface area contributed by atoms with Crippen molar-refractivity contribution in [2.24, 2.45) is 11.8 Å². The first-order valence-corrected chi connectivity index (χ1v) is 11.3. The first-order valence-electron chi connectivity index (χ1n) is 11.4. The molecule has 0 amide bonds. The lowest BCUT2D eigenvalue weighted by Crippen LogP contribution is -2.53. The molecule has 29 heavy (non-hydrogen) atoms. The van der Waals surface area contributed by atoms with Gasteiger partial charge >= 0.3 is 5.97 Å². The van der Waals surface area contributed by atoms with E-state index < -0.39 is 48.8 Å². The highest BCUT2D eigenvalue weighted by Crippen LogP contribution is 2.49. The monoisotopic (exact) mass is 438 g/mol. The lowest BCUT2D eigenvalue weighted by molar-refractivity contribution is -0.183. The van der Waals surface area contributed by atoms with Crippen LogP contribution in [-0.4, -0.2) is 83.1 Å². The van der Waals surface area contributed by atoms with Gasteiger partial charge in [-0.05, 0) is 20.3 Å². The van der Waals surface area contributed by atoms with E-state index in [1.54, 1.807) is 39.5 Å². The molecule has 0 aromatic carbocycles. The van der Waals surface area contributed by atoms with Gasteiger partial charge in [0.2, 0.25) is 0 Å². The summed E-state index contributed by atoms with van der Waals surface area (Å²) in [5, 5.41) is 19.8. The Morgan fingerprint density at radius 2 is 1.97 bits per heavy atom. The number of aliphatic hydroxyl groups excluding tert-OH is 2. The average molecular weight is 439 g/mol. The van der Waals surface area contributed by atoms with Crippen LogP contribution in [0.15, 0.2) is 0 Å². The molecule has 10 atom stereocenters. The van der Waals surface area contributed by atoms with Gasteiger partial charge in [-0.15, -0.1) is 0 Å². The third kappa shape index (κ3) is 4.62. The van der Waals surface area contributed by atoms with E-state index >= 15 is 0 Å². The van der Waals surface area contributed by atoms with E-state index in [2.05, 4.69) is 6.92 Å². The molecule has 8 heteroatoms. The molecule has 170 valence electrons. The first-order chi connectivity index (χ1) is 14.4. The second kappa shape index (κ2) is 9.83. The summed E-state index contributed by atoms with van der Waals surface area (Å²) in [6, 6.07) is 0. The van der Waals surface area contributed by atoms with Crippen molar-refractivity contribution in [1.82, 2.24) is 0 Å². The second-order valence-electron chi connectivity index (χ2n) is 8.39. The fourth-order valence-electron chi connectivity index (χ4n) is 4.14. The zero-order valence-corrected chi connectivity index (χ0v) is 19.3. The van der Waals surface area contributed by atoms with Crippen molar-refractivity contribution in [3.63, 3.8) is 0 Å². The van der Waals surface area contributed by atoms with Gasteiger partial charge in [-0.1, -0.05) is 27.7 Å². The topological polar surface area (TPSA) is 94.5 Å². The summed E-state index contributed by atoms with van der Waals surface area (Å²) in [6.07, 6.45) is -2.31. The lowest BCUT2D eigenvalue weighted by Gasteiger charge is -2.37. The van der Waals surface area contributed by atoms with Crippen LogP contribution in [0.4, 0.5) is 0 Å². The molecular formula is C21H38O7S. The Hall–Kier alpha value is -0.380. The second-order valence-corrected chi connectivity index (χ2v) is 9.56. The fourth-order valence-corrected chi connectivity index (χ4v) is 5.82. The van der Waals surface area contributed by atoms with Crippen LogP contribution in [0.3, 0.4) is 0 Å². The third-order valence-corrected chi connectivity index (χ3v) is 7.89. The molecule has 3 heterocycles. The number of hydrogen-bond acceptors (Lipinski definition) is 8. The van der Waals surface area contributed by atoms with E-state index in [0.717, 1.165) is 5.75 Å². The van der Waals surface area contributed by atoms with E-state index in [1.807, 2.05) is 6.92 Å². The highest BCUT2D eigenvalue weighted by Gasteiger charge is 2.56. The Balaban J connectivity index is 0.000000242. The maximum absolute atomic E-state index is 11.7. The minimum absolute atomic E-state index is 0.240. The Labute approximate surface area is 181 Å². The van der Waals surface area contributed by atoms with Crippen LogP contribution in [0.2, 0.25) is 0 Å². The number of ether oxygens (including phenoxy) is 4. The van der Waals surface area contributed by atoms with Gasteiger partial charge < -0.3 is 29.2 Å². The summed E-state index contributed by atoms with van der Waals surface area (Å²) in [6.45, 7) is 9.37. The fraction of sp³-hybridized carbons (Fsp3) is 0.952. The van der Waals surface area contributed by atoms with Crippen molar-refractivity contribution >= 4 is 17.7 Å². The normalized spacial score (nSPS) is 46.6. The van der Waals surface area contributed by atoms with Gasteiger partial charge in [0.25, 0.3) is 0 Å². The Bertz CT molecular complexity index is 625. The number of fused-ring (bicyclic) bond motifs is 2. The molecule has 0 unspecified atom stereocenters. The number of esters is 1. The number of thioether (sulfide) groups is 1. The van der Waals surface area contributed by atoms with Gasteiger partial charge in [-0.2, -0.15) is 11.8 Å². The average Bonchev–Trinajstić information content (AvgIpc) is 3.26. The molecule has 0 saturated carbocycles. The van der Waals surface area contributed by atoms with E-state index in [1.165, 1.54) is 7.11 Å². The van der Waals surface area contributed by atoms with Crippen molar-refractivity contribution in [1.29, 1.82) is 0 Å². The van der Waals surface area contributed by atoms with Gasteiger partial charge in [0.05, 0.1) is 27.9 Å². The Morgan fingerprint density at radius 3 is 2.34 bits per heavy atom. The molecule has 0 aliphatic carbocycles. The van der Waals surface area contributed by atoms with Crippen LogP contribution in [0.25, 0.3) is 0 Å². The first kappa shape index (κ1) is 21.8. The SMILES string of the molecule is [3H][C@@H]1O[C@@]2([C@H](C)O)CS[C@@H]1[C@@H]2C.[3H][C@@H]1O[C@](CC)([C@H](C)OC(=O)C(C)C)[C@@H](OC)[C@@H]1O. The molecule has 0 radical (unpaired) electrons. The van der Waals surface area contributed by atoms with E-state index in [0.29, 0.717) is 12.3 Å². The maximum atomic E-state index is 11.7. The smallest absolute Gasteiger partial charge is 0.308 e. The highest BCUT2D eigenvalue weighted by atomic mass is 32.2. The molecule has 2 N–H and O–H groups in total. The van der Waals surface area contributed by atoms with Gasteiger partial charge in [0.15, 0.2) is 0 Å². The summed E-state index contributed by atoms with van der Waals surface area (Å²) >= 11 is 1.76. The molecule has 3 aliphatic heterocycles. The molecule has 3 saturated heterocycles. The van der Waals surface area contributed by atoms with Crippen molar-refractivity contribution in [3.8, 4) is 0 Å². The molecule has 0 aromatic heterocycles. The molecule has 2 bridgehead atoms. The third-order valence-electron chi connectivity index (χ3n) is 6.37. The van der Waals surface area contributed by atoms with Gasteiger partial charge in [-0.3, -0.25) is 4.79 Å². The van der Waals surface area contributed by atoms with Crippen LogP contribution in [0.5, 0.6) is 0 Å². The van der Waals surface area contributed by atoms with Gasteiger partial charge in [-0.25, -0.2) is 0 Å². The Morgan fingerprint density at radius 1 is 1.31 bits per heavy atom. The van der Waals surface area contributed by atoms with Crippen LogP contribution in [0, 0.1) is 11.8 Å². The zero-order chi connectivity index (χ0) is 23.7. The molecule has 3 aliphatic rings. The standard InChI is InChI=1S/C13H24O5.C8H14O2S/c1-6-13(9(4)18-12(15)8(2)3)11(16-5)10(14)7-17-13;1-5-7-3-10-8(5,4-11-7)6(2)9/h8-11,14H,6-7H2,1-5H3;5-7,9H,3-4H2,1-2H3/t9-,10+,11-,13+;5-,6-,7-,8-/m00/s1/i7T;3T/t7-,9-,10+,11-,13+;3-,5-,6-,7-,8-.